The van der Waals surface area contributed by atoms with Gasteiger partial charge in [0.15, 0.2) is 0 Å². The van der Waals surface area contributed by atoms with Crippen LogP contribution in [0.4, 0.5) is 0 Å². The van der Waals surface area contributed by atoms with Crippen LogP contribution >= 0.6 is 0 Å². The molecule has 1 atom stereocenters. The quantitative estimate of drug-likeness (QED) is 0.569. The van der Waals surface area contributed by atoms with E-state index in [1.165, 1.54) is 0 Å². The van der Waals surface area contributed by atoms with E-state index in [-0.39, 0.29) is 6.61 Å². The lowest BCUT2D eigenvalue weighted by molar-refractivity contribution is 0.165. The first kappa shape index (κ1) is 8.33. The van der Waals surface area contributed by atoms with Crippen LogP contribution in [0.25, 0.3) is 0 Å². The first-order chi connectivity index (χ1) is 5.07. The second kappa shape index (κ2) is 2.70. The SMILES string of the molecule is CN(C)C1=NC(C)(CO)CO1. The summed E-state index contributed by atoms with van der Waals surface area (Å²) < 4.78 is 5.24. The molecular formula is C7H14N2O2. The van der Waals surface area contributed by atoms with Crippen molar-refractivity contribution in [3.8, 4) is 0 Å². The van der Waals surface area contributed by atoms with E-state index in [0.717, 1.165) is 0 Å². The van der Waals surface area contributed by atoms with Gasteiger partial charge in [0, 0.05) is 14.1 Å². The van der Waals surface area contributed by atoms with E-state index in [1.807, 2.05) is 21.0 Å². The summed E-state index contributed by atoms with van der Waals surface area (Å²) in [6.07, 6.45) is 0. The highest BCUT2D eigenvalue weighted by molar-refractivity contribution is 5.75. The molecule has 4 heteroatoms. The Bertz CT molecular complexity index is 179. The standard InChI is InChI=1S/C7H14N2O2/c1-7(4-10)5-11-6(8-7)9(2)3/h10H,4-5H2,1-3H3. The number of hydrogen-bond acceptors (Lipinski definition) is 4. The van der Waals surface area contributed by atoms with Gasteiger partial charge in [0.2, 0.25) is 0 Å². The van der Waals surface area contributed by atoms with Crippen LogP contribution in [0.1, 0.15) is 6.92 Å². The third kappa shape index (κ3) is 1.63. The molecule has 0 saturated carbocycles. The highest BCUT2D eigenvalue weighted by atomic mass is 16.5. The average molecular weight is 158 g/mol. The fraction of sp³-hybridized carbons (Fsp3) is 0.857. The van der Waals surface area contributed by atoms with Crippen molar-refractivity contribution in [2.75, 3.05) is 27.3 Å². The molecule has 4 nitrogen and oxygen atoms in total. The van der Waals surface area contributed by atoms with Crippen molar-refractivity contribution >= 4 is 6.02 Å². The van der Waals surface area contributed by atoms with Gasteiger partial charge in [-0.05, 0) is 6.92 Å². The number of aliphatic hydroxyl groups excluding tert-OH is 1. The molecule has 0 aromatic carbocycles. The summed E-state index contributed by atoms with van der Waals surface area (Å²) in [5, 5.41) is 8.92. The van der Waals surface area contributed by atoms with E-state index in [0.29, 0.717) is 12.6 Å². The molecular weight excluding hydrogens is 144 g/mol. The number of aliphatic hydroxyl groups is 1. The minimum Gasteiger partial charge on any atom is -0.462 e. The zero-order chi connectivity index (χ0) is 8.48. The maximum Gasteiger partial charge on any atom is 0.287 e. The monoisotopic (exact) mass is 158 g/mol. The molecule has 11 heavy (non-hydrogen) atoms. The van der Waals surface area contributed by atoms with Crippen molar-refractivity contribution in [2.45, 2.75) is 12.5 Å². The summed E-state index contributed by atoms with van der Waals surface area (Å²) in [5.41, 5.74) is -0.431. The van der Waals surface area contributed by atoms with Gasteiger partial charge in [0.25, 0.3) is 6.02 Å². The Hall–Kier alpha value is -0.770. The van der Waals surface area contributed by atoms with Gasteiger partial charge in [-0.1, -0.05) is 0 Å². The lowest BCUT2D eigenvalue weighted by Crippen LogP contribution is -2.28. The zero-order valence-electron chi connectivity index (χ0n) is 7.16. The largest absolute Gasteiger partial charge is 0.462 e. The normalized spacial score (nSPS) is 29.6. The number of amidine groups is 1. The highest BCUT2D eigenvalue weighted by Gasteiger charge is 2.31. The molecule has 0 spiro atoms. The fourth-order valence-electron chi connectivity index (χ4n) is 0.826. The minimum atomic E-state index is -0.431. The van der Waals surface area contributed by atoms with Gasteiger partial charge >= 0.3 is 0 Å². The van der Waals surface area contributed by atoms with Gasteiger partial charge in [-0.25, -0.2) is 4.99 Å². The number of ether oxygens (including phenoxy) is 1. The molecule has 1 heterocycles. The summed E-state index contributed by atoms with van der Waals surface area (Å²) >= 11 is 0. The van der Waals surface area contributed by atoms with Crippen LogP contribution in [0.3, 0.4) is 0 Å². The van der Waals surface area contributed by atoms with Crippen molar-refractivity contribution in [1.82, 2.24) is 4.90 Å². The molecule has 1 rings (SSSR count). The Kier molecular flexibility index (Phi) is 2.04. The Balaban J connectivity index is 2.67. The van der Waals surface area contributed by atoms with Crippen LogP contribution in [-0.2, 0) is 4.74 Å². The van der Waals surface area contributed by atoms with Gasteiger partial charge in [-0.2, -0.15) is 0 Å². The number of rotatable bonds is 1. The first-order valence-electron chi connectivity index (χ1n) is 3.58. The topological polar surface area (TPSA) is 45.1 Å². The Morgan fingerprint density at radius 2 is 2.36 bits per heavy atom. The lowest BCUT2D eigenvalue weighted by atomic mass is 10.1. The van der Waals surface area contributed by atoms with Gasteiger partial charge in [-0.3, -0.25) is 0 Å². The van der Waals surface area contributed by atoms with Gasteiger partial charge in [0.05, 0.1) is 6.61 Å². The van der Waals surface area contributed by atoms with Gasteiger partial charge in [-0.15, -0.1) is 0 Å². The second-order valence-corrected chi connectivity index (χ2v) is 3.23. The van der Waals surface area contributed by atoms with E-state index < -0.39 is 5.54 Å². The highest BCUT2D eigenvalue weighted by Crippen LogP contribution is 2.17. The van der Waals surface area contributed by atoms with E-state index in [4.69, 9.17) is 9.84 Å². The second-order valence-electron chi connectivity index (χ2n) is 3.23. The van der Waals surface area contributed by atoms with Crippen LogP contribution in [-0.4, -0.2) is 48.9 Å². The lowest BCUT2D eigenvalue weighted by Gasteiger charge is -2.12. The Morgan fingerprint density at radius 3 is 2.64 bits per heavy atom. The van der Waals surface area contributed by atoms with Crippen LogP contribution in [0, 0.1) is 0 Å². The maximum absolute atomic E-state index is 8.92. The molecule has 0 fully saturated rings. The molecule has 64 valence electrons. The molecule has 0 bridgehead atoms. The number of nitrogens with zero attached hydrogens (tertiary/aromatic N) is 2. The molecule has 0 radical (unpaired) electrons. The van der Waals surface area contributed by atoms with Crippen molar-refractivity contribution in [3.05, 3.63) is 0 Å². The van der Waals surface area contributed by atoms with Crippen LogP contribution < -0.4 is 0 Å². The third-order valence-corrected chi connectivity index (χ3v) is 1.60. The Labute approximate surface area is 66.5 Å². The summed E-state index contributed by atoms with van der Waals surface area (Å²) in [6, 6.07) is 0.599. The third-order valence-electron chi connectivity index (χ3n) is 1.60. The van der Waals surface area contributed by atoms with Crippen molar-refractivity contribution in [3.63, 3.8) is 0 Å². The molecule has 1 aliphatic heterocycles. The number of aliphatic imine (C=N–C) groups is 1. The molecule has 0 aromatic heterocycles. The van der Waals surface area contributed by atoms with E-state index >= 15 is 0 Å². The van der Waals surface area contributed by atoms with Crippen LogP contribution in [0.5, 0.6) is 0 Å². The van der Waals surface area contributed by atoms with E-state index in [1.54, 1.807) is 4.90 Å². The molecule has 1 aliphatic rings. The van der Waals surface area contributed by atoms with Crippen molar-refractivity contribution in [1.29, 1.82) is 0 Å². The van der Waals surface area contributed by atoms with Crippen molar-refractivity contribution in [2.24, 2.45) is 4.99 Å². The molecule has 0 aromatic rings. The van der Waals surface area contributed by atoms with E-state index in [2.05, 4.69) is 4.99 Å². The molecule has 0 saturated heterocycles. The first-order valence-corrected chi connectivity index (χ1v) is 3.58. The summed E-state index contributed by atoms with van der Waals surface area (Å²) in [6.45, 7) is 2.37. The minimum absolute atomic E-state index is 0.0321. The molecule has 1 N–H and O–H groups in total. The predicted molar refractivity (Wildman–Crippen MR) is 42.6 cm³/mol. The molecule has 0 amide bonds. The Morgan fingerprint density at radius 1 is 1.73 bits per heavy atom. The van der Waals surface area contributed by atoms with Gasteiger partial charge < -0.3 is 14.7 Å². The average Bonchev–Trinajstić information content (AvgIpc) is 2.33. The summed E-state index contributed by atoms with van der Waals surface area (Å²) in [4.78, 5) is 6.00. The fourth-order valence-corrected chi connectivity index (χ4v) is 0.826. The summed E-state index contributed by atoms with van der Waals surface area (Å²) in [5.74, 6) is 0. The number of hydrogen-bond donors (Lipinski definition) is 1. The van der Waals surface area contributed by atoms with Gasteiger partial charge in [0.1, 0.15) is 12.1 Å². The summed E-state index contributed by atoms with van der Waals surface area (Å²) in [7, 11) is 3.73. The van der Waals surface area contributed by atoms with Crippen LogP contribution in [0.15, 0.2) is 4.99 Å². The molecule has 1 unspecified atom stereocenters. The van der Waals surface area contributed by atoms with Crippen molar-refractivity contribution < 1.29 is 9.84 Å². The zero-order valence-corrected chi connectivity index (χ0v) is 7.16. The smallest absolute Gasteiger partial charge is 0.287 e. The molecule has 0 aliphatic carbocycles. The van der Waals surface area contributed by atoms with Crippen LogP contribution in [0.2, 0.25) is 0 Å². The van der Waals surface area contributed by atoms with E-state index in [9.17, 15) is 0 Å². The predicted octanol–water partition coefficient (Wildman–Crippen LogP) is -0.315. The maximum atomic E-state index is 8.92.